The number of aromatic hydroxyl groups is 2. The fourth-order valence-electron chi connectivity index (χ4n) is 6.27. The van der Waals surface area contributed by atoms with Crippen molar-refractivity contribution < 1.29 is 38.9 Å². The van der Waals surface area contributed by atoms with Gasteiger partial charge in [0.2, 0.25) is 0 Å². The van der Waals surface area contributed by atoms with E-state index in [1.54, 1.807) is 0 Å². The minimum atomic E-state index is -4.23. The van der Waals surface area contributed by atoms with E-state index in [0.717, 1.165) is 61.4 Å². The molecule has 3 aromatic rings. The van der Waals surface area contributed by atoms with Gasteiger partial charge in [-0.3, -0.25) is 23.8 Å². The average molecular weight is 720 g/mol. The summed E-state index contributed by atoms with van der Waals surface area (Å²) in [4.78, 5) is 44.0. The first-order valence-corrected chi connectivity index (χ1v) is 20.1. The summed E-state index contributed by atoms with van der Waals surface area (Å²) in [6.07, 6.45) is -0.0182. The molecule has 4 rings (SSSR count). The summed E-state index contributed by atoms with van der Waals surface area (Å²) in [5, 5.41) is 27.9. The van der Waals surface area contributed by atoms with Crippen LogP contribution in [0.5, 0.6) is 11.5 Å². The highest BCUT2D eigenvalue weighted by Gasteiger charge is 2.21. The van der Waals surface area contributed by atoms with Crippen LogP contribution in [0.4, 0.5) is 0 Å². The topological polar surface area (TPSA) is 189 Å². The van der Waals surface area contributed by atoms with Crippen molar-refractivity contribution in [1.29, 1.82) is 0 Å². The van der Waals surface area contributed by atoms with Crippen LogP contribution < -0.4 is 10.6 Å². The molecule has 8 N–H and O–H groups in total. The maximum Gasteiger partial charge on any atom is 0.339 e. The van der Waals surface area contributed by atoms with Crippen molar-refractivity contribution >= 4 is 15.2 Å². The normalized spacial score (nSPS) is 16.2. The van der Waals surface area contributed by atoms with E-state index in [4.69, 9.17) is 0 Å². The second-order valence-corrected chi connectivity index (χ2v) is 16.3. The molecule has 1 fully saturated rings. The van der Waals surface area contributed by atoms with Crippen LogP contribution in [0.1, 0.15) is 45.4 Å². The Balaban J connectivity index is 1.53. The van der Waals surface area contributed by atoms with E-state index in [-0.39, 0.29) is 24.6 Å². The number of rotatable bonds is 14. The van der Waals surface area contributed by atoms with Gasteiger partial charge in [-0.2, -0.15) is 0 Å². The summed E-state index contributed by atoms with van der Waals surface area (Å²) in [5.41, 5.74) is 5.78. The Morgan fingerprint density at radius 3 is 1.41 bits per heavy atom. The quantitative estimate of drug-likeness (QED) is 0.113. The minimum Gasteiger partial charge on any atom is -0.507 e. The number of nitrogens with one attached hydrogen (secondary N) is 2. The Kier molecular flexibility index (Phi) is 14.4. The zero-order chi connectivity index (χ0) is 35.6. The smallest absolute Gasteiger partial charge is 0.339 e. The lowest BCUT2D eigenvalue weighted by Gasteiger charge is -2.33. The lowest BCUT2D eigenvalue weighted by Crippen LogP contribution is -2.42. The zero-order valence-corrected chi connectivity index (χ0v) is 30.1. The number of hydrogen-bond acceptors (Lipinski definition) is 9. The van der Waals surface area contributed by atoms with Crippen LogP contribution in [-0.4, -0.2) is 96.3 Å². The second-order valence-electron chi connectivity index (χ2n) is 13.0. The first-order chi connectivity index (χ1) is 23.1. The maximum atomic E-state index is 11.3. The molecule has 13 nitrogen and oxygen atoms in total. The molecular weight excluding hydrogens is 668 g/mol. The van der Waals surface area contributed by atoms with Crippen LogP contribution >= 0.6 is 15.2 Å². The Labute approximate surface area is 288 Å². The summed E-state index contributed by atoms with van der Waals surface area (Å²) in [6.45, 7) is 10.6. The maximum absolute atomic E-state index is 11.3. The summed E-state index contributed by atoms with van der Waals surface area (Å²) in [5.74, 6) is 0.233. The van der Waals surface area contributed by atoms with Crippen molar-refractivity contribution in [3.8, 4) is 11.5 Å². The molecule has 0 amide bonds. The van der Waals surface area contributed by atoms with Gasteiger partial charge in [0, 0.05) is 81.2 Å². The molecule has 270 valence electrons. The van der Waals surface area contributed by atoms with Gasteiger partial charge in [0.15, 0.2) is 0 Å². The van der Waals surface area contributed by atoms with Gasteiger partial charge in [0.1, 0.15) is 11.5 Å². The van der Waals surface area contributed by atoms with Crippen molar-refractivity contribution in [3.63, 3.8) is 0 Å². The Morgan fingerprint density at radius 1 is 0.592 bits per heavy atom. The van der Waals surface area contributed by atoms with E-state index in [0.29, 0.717) is 37.3 Å². The highest BCUT2D eigenvalue weighted by atomic mass is 31.2. The lowest BCUT2D eigenvalue weighted by atomic mass is 10.0. The summed E-state index contributed by atoms with van der Waals surface area (Å²) in [7, 11) is -8.45. The molecular formula is C34H51N5O8P2. The zero-order valence-electron chi connectivity index (χ0n) is 28.3. The van der Waals surface area contributed by atoms with Crippen molar-refractivity contribution in [3.05, 3.63) is 93.5 Å². The van der Waals surface area contributed by atoms with Gasteiger partial charge < -0.3 is 40.4 Å². The third-order valence-corrected chi connectivity index (χ3v) is 9.81. The SMILES string of the molecule is Cc1cc(CNCP(=O)(O)O)c(O)c(CN2CCCN(Cc3ccccc3)CCN(Cc3cc(C)cc(CNCP(=O)(O)O)c3O)CC2)c1. The standard InChI is InChI=1S/C34H51N5O8P2/c1-26-15-29(19-35-24-48(42,43)44)33(40)31(17-26)22-38-10-6-9-37(21-28-7-4-3-5-8-28)11-13-39(14-12-38)23-32-18-27(2)16-30(34(32)41)20-36-25-49(45,46)47/h3-5,7-8,15-18,35-36,40-41H,6,9-14,19-25H2,1-2H3,(H2,42,43,44)(H2,45,46,47). The largest absolute Gasteiger partial charge is 0.507 e. The van der Waals surface area contributed by atoms with Crippen molar-refractivity contribution in [1.82, 2.24) is 25.3 Å². The highest BCUT2D eigenvalue weighted by Crippen LogP contribution is 2.34. The van der Waals surface area contributed by atoms with E-state index in [1.165, 1.54) is 5.56 Å². The molecule has 0 atom stereocenters. The molecule has 1 saturated heterocycles. The highest BCUT2D eigenvalue weighted by molar-refractivity contribution is 7.51. The van der Waals surface area contributed by atoms with Crippen LogP contribution in [0, 0.1) is 13.8 Å². The third-order valence-electron chi connectivity index (χ3n) is 8.54. The minimum absolute atomic E-state index is 0.114. The number of nitrogens with zero attached hydrogens (tertiary/aromatic N) is 3. The molecule has 0 radical (unpaired) electrons. The molecule has 3 aromatic carbocycles. The Morgan fingerprint density at radius 2 is 0.980 bits per heavy atom. The fourth-order valence-corrected chi connectivity index (χ4v) is 7.07. The van der Waals surface area contributed by atoms with Gasteiger partial charge in [-0.1, -0.05) is 65.7 Å². The summed E-state index contributed by atoms with van der Waals surface area (Å²) in [6, 6.07) is 17.9. The van der Waals surface area contributed by atoms with Crippen LogP contribution in [0.15, 0.2) is 54.6 Å². The van der Waals surface area contributed by atoms with E-state index >= 15 is 0 Å². The van der Waals surface area contributed by atoms with Crippen molar-refractivity contribution in [2.75, 3.05) is 51.8 Å². The van der Waals surface area contributed by atoms with Gasteiger partial charge in [0.05, 0.1) is 12.6 Å². The fraction of sp³-hybridized carbons (Fsp3) is 0.471. The number of phenols is 2. The van der Waals surface area contributed by atoms with Crippen molar-refractivity contribution in [2.45, 2.75) is 53.0 Å². The van der Waals surface area contributed by atoms with Gasteiger partial charge in [0.25, 0.3) is 0 Å². The van der Waals surface area contributed by atoms with Gasteiger partial charge in [-0.05, 0) is 38.9 Å². The predicted molar refractivity (Wildman–Crippen MR) is 190 cm³/mol. The van der Waals surface area contributed by atoms with E-state index < -0.39 is 27.8 Å². The Bertz CT molecular complexity index is 1620. The third kappa shape index (κ3) is 13.5. The van der Waals surface area contributed by atoms with E-state index in [1.807, 2.05) is 56.3 Å². The number of aryl methyl sites for hydroxylation is 2. The lowest BCUT2D eigenvalue weighted by molar-refractivity contribution is 0.138. The van der Waals surface area contributed by atoms with Crippen molar-refractivity contribution in [2.24, 2.45) is 0 Å². The Hall–Kier alpha value is -2.64. The first kappa shape index (κ1) is 39.2. The van der Waals surface area contributed by atoms with Gasteiger partial charge >= 0.3 is 15.2 Å². The molecule has 0 aromatic heterocycles. The monoisotopic (exact) mass is 719 g/mol. The number of benzene rings is 3. The molecule has 1 heterocycles. The van der Waals surface area contributed by atoms with Crippen LogP contribution in [0.2, 0.25) is 0 Å². The molecule has 0 saturated carbocycles. The molecule has 1 aliphatic heterocycles. The van der Waals surface area contributed by atoms with Crippen LogP contribution in [0.3, 0.4) is 0 Å². The molecule has 1 aliphatic rings. The van der Waals surface area contributed by atoms with E-state index in [2.05, 4.69) is 37.5 Å². The van der Waals surface area contributed by atoms with Crippen LogP contribution in [-0.2, 0) is 41.9 Å². The molecule has 0 spiro atoms. The van der Waals surface area contributed by atoms with E-state index in [9.17, 15) is 38.9 Å². The molecule has 0 bridgehead atoms. The van der Waals surface area contributed by atoms with Gasteiger partial charge in [-0.25, -0.2) is 0 Å². The summed E-state index contributed by atoms with van der Waals surface area (Å²) >= 11 is 0. The molecule has 15 heteroatoms. The summed E-state index contributed by atoms with van der Waals surface area (Å²) < 4.78 is 22.7. The van der Waals surface area contributed by atoms with Gasteiger partial charge in [-0.15, -0.1) is 0 Å². The van der Waals surface area contributed by atoms with Crippen LogP contribution in [0.25, 0.3) is 0 Å². The predicted octanol–water partition coefficient (Wildman–Crippen LogP) is 3.37. The number of phenolic OH excluding ortho intramolecular Hbond substituents is 2. The molecule has 49 heavy (non-hydrogen) atoms. The molecule has 0 unspecified atom stereocenters. The molecule has 0 aliphatic carbocycles. The first-order valence-electron chi connectivity index (χ1n) is 16.5. The average Bonchev–Trinajstić information content (AvgIpc) is 3.01. The number of hydrogen-bond donors (Lipinski definition) is 8. The second kappa shape index (κ2) is 18.0.